The minimum absolute atomic E-state index is 0.0630. The average Bonchev–Trinajstić information content (AvgIpc) is 2.38. The van der Waals surface area contributed by atoms with Gasteiger partial charge in [0.15, 0.2) is 0 Å². The predicted molar refractivity (Wildman–Crippen MR) is 71.3 cm³/mol. The maximum absolute atomic E-state index is 13.0. The van der Waals surface area contributed by atoms with Crippen molar-refractivity contribution in [2.75, 3.05) is 6.61 Å². The molecular weight excluding hydrogens is 316 g/mol. The lowest BCUT2D eigenvalue weighted by Gasteiger charge is -2.28. The highest BCUT2D eigenvalue weighted by Crippen LogP contribution is 2.36. The van der Waals surface area contributed by atoms with Crippen molar-refractivity contribution in [3.63, 3.8) is 0 Å². The third kappa shape index (κ3) is 3.90. The van der Waals surface area contributed by atoms with Gasteiger partial charge in [-0.25, -0.2) is 8.78 Å². The van der Waals surface area contributed by atoms with E-state index in [1.807, 2.05) is 0 Å². The molecule has 19 heavy (non-hydrogen) atoms. The number of nitriles is 1. The summed E-state index contributed by atoms with van der Waals surface area (Å²) < 4.78 is 32.4. The van der Waals surface area contributed by atoms with Gasteiger partial charge in [-0.15, -0.1) is 0 Å². The normalized spacial score (nSPS) is 18.8. The van der Waals surface area contributed by atoms with Crippen LogP contribution >= 0.6 is 15.9 Å². The highest BCUT2D eigenvalue weighted by Gasteiger charge is 2.35. The molecule has 1 fully saturated rings. The Balaban J connectivity index is 1.92. The zero-order valence-electron chi connectivity index (χ0n) is 10.3. The van der Waals surface area contributed by atoms with Crippen LogP contribution in [-0.4, -0.2) is 12.5 Å². The van der Waals surface area contributed by atoms with E-state index in [9.17, 15) is 8.78 Å². The molecule has 1 aliphatic carbocycles. The molecule has 0 spiro atoms. The number of halogens is 3. The van der Waals surface area contributed by atoms with Crippen molar-refractivity contribution in [1.29, 1.82) is 5.26 Å². The SMILES string of the molecule is N#Cc1cc(Br)ccc1OCC1CCC(F)(F)CC1. The van der Waals surface area contributed by atoms with Crippen LogP contribution in [0.25, 0.3) is 0 Å². The first-order valence-corrected chi connectivity index (χ1v) is 7.00. The van der Waals surface area contributed by atoms with E-state index in [-0.39, 0.29) is 18.8 Å². The summed E-state index contributed by atoms with van der Waals surface area (Å²) in [5, 5.41) is 9.00. The molecule has 1 saturated carbocycles. The number of alkyl halides is 2. The monoisotopic (exact) mass is 329 g/mol. The van der Waals surface area contributed by atoms with Crippen LogP contribution in [0.5, 0.6) is 5.75 Å². The second-order valence-corrected chi connectivity index (χ2v) is 5.78. The van der Waals surface area contributed by atoms with E-state index in [1.54, 1.807) is 18.2 Å². The van der Waals surface area contributed by atoms with Gasteiger partial charge in [-0.1, -0.05) is 15.9 Å². The Morgan fingerprint density at radius 2 is 2.05 bits per heavy atom. The molecule has 0 N–H and O–H groups in total. The van der Waals surface area contributed by atoms with Gasteiger partial charge < -0.3 is 4.74 Å². The predicted octanol–water partition coefficient (Wildman–Crippen LogP) is 4.53. The van der Waals surface area contributed by atoms with Gasteiger partial charge in [0.1, 0.15) is 11.8 Å². The van der Waals surface area contributed by atoms with E-state index < -0.39 is 5.92 Å². The van der Waals surface area contributed by atoms with Gasteiger partial charge in [-0.3, -0.25) is 0 Å². The largest absolute Gasteiger partial charge is 0.492 e. The second-order valence-electron chi connectivity index (χ2n) is 4.86. The Labute approximate surface area is 119 Å². The van der Waals surface area contributed by atoms with Crippen molar-refractivity contribution in [2.45, 2.75) is 31.6 Å². The molecular formula is C14H14BrF2NO. The molecule has 0 radical (unpaired) electrons. The molecule has 1 aromatic carbocycles. The van der Waals surface area contributed by atoms with Gasteiger partial charge in [0.05, 0.1) is 12.2 Å². The summed E-state index contributed by atoms with van der Waals surface area (Å²) in [5.41, 5.74) is 0.454. The number of ether oxygens (including phenoxy) is 1. The molecule has 1 aliphatic rings. The van der Waals surface area contributed by atoms with Crippen LogP contribution in [0.15, 0.2) is 22.7 Å². The highest BCUT2D eigenvalue weighted by atomic mass is 79.9. The summed E-state index contributed by atoms with van der Waals surface area (Å²) in [6.07, 6.45) is 0.829. The molecule has 2 nitrogen and oxygen atoms in total. The number of nitrogens with zero attached hydrogens (tertiary/aromatic N) is 1. The molecule has 0 saturated heterocycles. The van der Waals surface area contributed by atoms with Gasteiger partial charge in [0.25, 0.3) is 0 Å². The summed E-state index contributed by atoms with van der Waals surface area (Å²) in [5.74, 6) is -1.84. The van der Waals surface area contributed by atoms with Gasteiger partial charge in [-0.05, 0) is 37.0 Å². The average molecular weight is 330 g/mol. The molecule has 0 bridgehead atoms. The van der Waals surface area contributed by atoms with E-state index in [0.717, 1.165) is 4.47 Å². The molecule has 0 amide bonds. The third-order valence-corrected chi connectivity index (χ3v) is 3.87. The lowest BCUT2D eigenvalue weighted by atomic mass is 9.87. The molecule has 102 valence electrons. The fourth-order valence-corrected chi connectivity index (χ4v) is 2.55. The standard InChI is InChI=1S/C14H14BrF2NO/c15-12-1-2-13(11(7-12)8-18)19-9-10-3-5-14(16,17)6-4-10/h1-2,7,10H,3-6,9H2. The van der Waals surface area contributed by atoms with Crippen LogP contribution < -0.4 is 4.74 Å². The summed E-state index contributed by atoms with van der Waals surface area (Å²) in [7, 11) is 0. The number of benzene rings is 1. The number of rotatable bonds is 3. The minimum atomic E-state index is -2.51. The topological polar surface area (TPSA) is 33.0 Å². The molecule has 0 heterocycles. The zero-order chi connectivity index (χ0) is 13.9. The molecule has 0 atom stereocenters. The second kappa shape index (κ2) is 5.87. The van der Waals surface area contributed by atoms with Crippen molar-refractivity contribution in [2.24, 2.45) is 5.92 Å². The summed E-state index contributed by atoms with van der Waals surface area (Å²) >= 11 is 3.29. The van der Waals surface area contributed by atoms with Crippen LogP contribution in [0.2, 0.25) is 0 Å². The van der Waals surface area contributed by atoms with Crippen molar-refractivity contribution < 1.29 is 13.5 Å². The Morgan fingerprint density at radius 3 is 2.68 bits per heavy atom. The number of hydrogen-bond donors (Lipinski definition) is 0. The molecule has 2 rings (SSSR count). The van der Waals surface area contributed by atoms with E-state index >= 15 is 0 Å². The van der Waals surface area contributed by atoms with Crippen molar-refractivity contribution in [1.82, 2.24) is 0 Å². The van der Waals surface area contributed by atoms with Gasteiger partial charge in [0, 0.05) is 17.3 Å². The lowest BCUT2D eigenvalue weighted by Crippen LogP contribution is -2.27. The number of hydrogen-bond acceptors (Lipinski definition) is 2. The minimum Gasteiger partial charge on any atom is -0.492 e. The first kappa shape index (κ1) is 14.3. The third-order valence-electron chi connectivity index (χ3n) is 3.37. The van der Waals surface area contributed by atoms with Crippen molar-refractivity contribution in [3.05, 3.63) is 28.2 Å². The van der Waals surface area contributed by atoms with E-state index in [1.165, 1.54) is 0 Å². The van der Waals surface area contributed by atoms with Crippen molar-refractivity contribution in [3.8, 4) is 11.8 Å². The Kier molecular flexibility index (Phi) is 4.41. The lowest BCUT2D eigenvalue weighted by molar-refractivity contribution is -0.0498. The smallest absolute Gasteiger partial charge is 0.248 e. The van der Waals surface area contributed by atoms with Crippen LogP contribution in [0.1, 0.15) is 31.2 Å². The van der Waals surface area contributed by atoms with Gasteiger partial charge in [-0.2, -0.15) is 5.26 Å². The first-order chi connectivity index (χ1) is 9.00. The van der Waals surface area contributed by atoms with Crippen LogP contribution in [0.3, 0.4) is 0 Å². The van der Waals surface area contributed by atoms with Crippen LogP contribution in [0, 0.1) is 17.2 Å². The van der Waals surface area contributed by atoms with Crippen molar-refractivity contribution >= 4 is 15.9 Å². The maximum Gasteiger partial charge on any atom is 0.248 e. The van der Waals surface area contributed by atoms with E-state index in [0.29, 0.717) is 30.8 Å². The zero-order valence-corrected chi connectivity index (χ0v) is 11.9. The summed E-state index contributed by atoms with van der Waals surface area (Å²) in [4.78, 5) is 0. The molecule has 0 aliphatic heterocycles. The Morgan fingerprint density at radius 1 is 1.37 bits per heavy atom. The fraction of sp³-hybridized carbons (Fsp3) is 0.500. The van der Waals surface area contributed by atoms with E-state index in [4.69, 9.17) is 10.00 Å². The maximum atomic E-state index is 13.0. The quantitative estimate of drug-likeness (QED) is 0.816. The molecule has 0 aromatic heterocycles. The van der Waals surface area contributed by atoms with E-state index in [2.05, 4.69) is 22.0 Å². The summed E-state index contributed by atoms with van der Waals surface area (Å²) in [6, 6.07) is 7.27. The van der Waals surface area contributed by atoms with Crippen LogP contribution in [0.4, 0.5) is 8.78 Å². The Hall–Kier alpha value is -1.15. The molecule has 1 aromatic rings. The van der Waals surface area contributed by atoms with Crippen LogP contribution in [-0.2, 0) is 0 Å². The summed E-state index contributed by atoms with van der Waals surface area (Å²) in [6.45, 7) is 0.395. The molecule has 5 heteroatoms. The van der Waals surface area contributed by atoms with Gasteiger partial charge >= 0.3 is 0 Å². The fourth-order valence-electron chi connectivity index (χ4n) is 2.19. The van der Waals surface area contributed by atoms with Gasteiger partial charge in [0.2, 0.25) is 5.92 Å². The highest BCUT2D eigenvalue weighted by molar-refractivity contribution is 9.10. The first-order valence-electron chi connectivity index (χ1n) is 6.20. The molecule has 0 unspecified atom stereocenters. The Bertz CT molecular complexity index is 489.